The SMILES string of the molecule is Fc1ccc(-c2nc(=S)c3c(n2Cc2ccncc2)CCCC3)cc1. The molecule has 5 heteroatoms. The van der Waals surface area contributed by atoms with Crippen LogP contribution in [0.4, 0.5) is 4.39 Å². The van der Waals surface area contributed by atoms with Crippen LogP contribution in [0.2, 0.25) is 0 Å². The number of fused-ring (bicyclic) bond motifs is 1. The summed E-state index contributed by atoms with van der Waals surface area (Å²) in [5.74, 6) is 0.559. The molecular weight excluding hydrogens is 333 g/mol. The molecule has 1 aliphatic carbocycles. The lowest BCUT2D eigenvalue weighted by Crippen LogP contribution is -2.19. The van der Waals surface area contributed by atoms with Gasteiger partial charge in [-0.25, -0.2) is 9.37 Å². The van der Waals surface area contributed by atoms with Gasteiger partial charge in [0.25, 0.3) is 0 Å². The molecule has 0 N–H and O–H groups in total. The van der Waals surface area contributed by atoms with Crippen LogP contribution >= 0.6 is 12.2 Å². The van der Waals surface area contributed by atoms with Crippen molar-refractivity contribution in [3.63, 3.8) is 0 Å². The molecule has 2 heterocycles. The molecule has 0 atom stereocenters. The minimum absolute atomic E-state index is 0.249. The maximum absolute atomic E-state index is 13.3. The van der Waals surface area contributed by atoms with Gasteiger partial charge in [0, 0.05) is 35.8 Å². The number of aromatic nitrogens is 3. The summed E-state index contributed by atoms with van der Waals surface area (Å²) in [5.41, 5.74) is 4.51. The van der Waals surface area contributed by atoms with Crippen molar-refractivity contribution in [2.24, 2.45) is 0 Å². The highest BCUT2D eigenvalue weighted by Gasteiger charge is 2.19. The van der Waals surface area contributed by atoms with Gasteiger partial charge >= 0.3 is 0 Å². The second-order valence-electron chi connectivity index (χ2n) is 6.32. The lowest BCUT2D eigenvalue weighted by molar-refractivity contribution is 0.603. The van der Waals surface area contributed by atoms with Crippen molar-refractivity contribution < 1.29 is 4.39 Å². The number of halogens is 1. The van der Waals surface area contributed by atoms with E-state index in [1.807, 2.05) is 12.1 Å². The van der Waals surface area contributed by atoms with Crippen LogP contribution in [-0.2, 0) is 19.4 Å². The zero-order valence-corrected chi connectivity index (χ0v) is 14.6. The molecule has 0 spiro atoms. The van der Waals surface area contributed by atoms with Crippen LogP contribution in [0.5, 0.6) is 0 Å². The van der Waals surface area contributed by atoms with Gasteiger partial charge in [-0.1, -0.05) is 12.2 Å². The van der Waals surface area contributed by atoms with Crippen LogP contribution in [0.3, 0.4) is 0 Å². The van der Waals surface area contributed by atoms with E-state index in [0.717, 1.165) is 42.6 Å². The summed E-state index contributed by atoms with van der Waals surface area (Å²) in [6, 6.07) is 10.5. The molecular formula is C20H18FN3S. The standard InChI is InChI=1S/C20H18FN3S/c21-16-7-5-15(6-8-16)19-23-20(25)17-3-1-2-4-18(17)24(19)13-14-9-11-22-12-10-14/h5-12H,1-4,13H2. The summed E-state index contributed by atoms with van der Waals surface area (Å²) >= 11 is 5.57. The molecule has 0 aliphatic heterocycles. The molecule has 3 aromatic rings. The Morgan fingerprint density at radius 1 is 1.00 bits per heavy atom. The van der Waals surface area contributed by atoms with E-state index in [-0.39, 0.29) is 5.82 Å². The monoisotopic (exact) mass is 351 g/mol. The van der Waals surface area contributed by atoms with Gasteiger partial charge in [0.2, 0.25) is 0 Å². The molecule has 0 fully saturated rings. The topological polar surface area (TPSA) is 30.7 Å². The van der Waals surface area contributed by atoms with Crippen LogP contribution in [0.25, 0.3) is 11.4 Å². The molecule has 1 aliphatic rings. The zero-order chi connectivity index (χ0) is 17.2. The average Bonchev–Trinajstić information content (AvgIpc) is 2.66. The van der Waals surface area contributed by atoms with Crippen molar-refractivity contribution >= 4 is 12.2 Å². The number of pyridine rings is 1. The Labute approximate surface area is 151 Å². The fraction of sp³-hybridized carbons (Fsp3) is 0.250. The molecule has 126 valence electrons. The van der Waals surface area contributed by atoms with E-state index in [2.05, 4.69) is 9.55 Å². The van der Waals surface area contributed by atoms with E-state index in [9.17, 15) is 4.39 Å². The maximum Gasteiger partial charge on any atom is 0.142 e. The molecule has 3 nitrogen and oxygen atoms in total. The third kappa shape index (κ3) is 3.24. The maximum atomic E-state index is 13.3. The van der Waals surface area contributed by atoms with Gasteiger partial charge in [-0.3, -0.25) is 4.98 Å². The van der Waals surface area contributed by atoms with Crippen molar-refractivity contribution in [1.82, 2.24) is 14.5 Å². The Balaban J connectivity index is 1.91. The molecule has 0 unspecified atom stereocenters. The predicted octanol–water partition coefficient (Wildman–Crippen LogP) is 4.74. The first-order valence-corrected chi connectivity index (χ1v) is 8.90. The third-order valence-corrected chi connectivity index (χ3v) is 5.02. The number of benzene rings is 1. The second-order valence-corrected chi connectivity index (χ2v) is 6.71. The average molecular weight is 351 g/mol. The minimum Gasteiger partial charge on any atom is -0.325 e. The molecule has 0 saturated carbocycles. The molecule has 0 bridgehead atoms. The summed E-state index contributed by atoms with van der Waals surface area (Å²) in [5, 5.41) is 0. The highest BCUT2D eigenvalue weighted by molar-refractivity contribution is 7.71. The fourth-order valence-electron chi connectivity index (χ4n) is 3.43. The summed E-state index contributed by atoms with van der Waals surface area (Å²) in [7, 11) is 0. The lowest BCUT2D eigenvalue weighted by atomic mass is 9.96. The molecule has 0 saturated heterocycles. The number of hydrogen-bond acceptors (Lipinski definition) is 3. The molecule has 0 radical (unpaired) electrons. The Morgan fingerprint density at radius 3 is 2.48 bits per heavy atom. The number of nitrogens with zero attached hydrogens (tertiary/aromatic N) is 3. The number of rotatable bonds is 3. The molecule has 0 amide bonds. The van der Waals surface area contributed by atoms with Crippen molar-refractivity contribution in [1.29, 1.82) is 0 Å². The van der Waals surface area contributed by atoms with E-state index < -0.39 is 0 Å². The summed E-state index contributed by atoms with van der Waals surface area (Å²) in [6.45, 7) is 0.709. The molecule has 2 aromatic heterocycles. The van der Waals surface area contributed by atoms with Crippen LogP contribution in [0.15, 0.2) is 48.8 Å². The third-order valence-electron chi connectivity index (χ3n) is 4.68. The van der Waals surface area contributed by atoms with Crippen molar-refractivity contribution in [2.75, 3.05) is 0 Å². The second kappa shape index (κ2) is 6.84. The Hall–Kier alpha value is -2.40. The van der Waals surface area contributed by atoms with Gasteiger partial charge in [0.15, 0.2) is 0 Å². The van der Waals surface area contributed by atoms with Gasteiger partial charge in [-0.15, -0.1) is 0 Å². The summed E-state index contributed by atoms with van der Waals surface area (Å²) < 4.78 is 16.3. The van der Waals surface area contributed by atoms with Gasteiger partial charge in [-0.2, -0.15) is 0 Å². The summed E-state index contributed by atoms with van der Waals surface area (Å²) in [6.07, 6.45) is 7.90. The van der Waals surface area contributed by atoms with Gasteiger partial charge in [0.1, 0.15) is 16.3 Å². The van der Waals surface area contributed by atoms with Crippen molar-refractivity contribution in [3.8, 4) is 11.4 Å². The first-order valence-electron chi connectivity index (χ1n) is 8.50. The van der Waals surface area contributed by atoms with Crippen molar-refractivity contribution in [3.05, 3.63) is 76.1 Å². The first kappa shape index (κ1) is 16.1. The minimum atomic E-state index is -0.249. The number of hydrogen-bond donors (Lipinski definition) is 0. The van der Waals surface area contributed by atoms with Crippen LogP contribution < -0.4 is 0 Å². The van der Waals surface area contributed by atoms with Gasteiger partial charge < -0.3 is 4.57 Å². The fourth-order valence-corrected chi connectivity index (χ4v) is 3.74. The van der Waals surface area contributed by atoms with E-state index in [0.29, 0.717) is 11.2 Å². The van der Waals surface area contributed by atoms with Crippen LogP contribution in [0.1, 0.15) is 29.7 Å². The van der Waals surface area contributed by atoms with Crippen LogP contribution in [-0.4, -0.2) is 14.5 Å². The van der Waals surface area contributed by atoms with Crippen molar-refractivity contribution in [2.45, 2.75) is 32.2 Å². The Kier molecular flexibility index (Phi) is 4.40. The first-order chi connectivity index (χ1) is 12.2. The Bertz CT molecular complexity index is 949. The molecule has 4 rings (SSSR count). The largest absolute Gasteiger partial charge is 0.325 e. The van der Waals surface area contributed by atoms with E-state index in [4.69, 9.17) is 17.2 Å². The molecule has 25 heavy (non-hydrogen) atoms. The highest BCUT2D eigenvalue weighted by Crippen LogP contribution is 2.28. The van der Waals surface area contributed by atoms with Gasteiger partial charge in [-0.05, 0) is 67.6 Å². The van der Waals surface area contributed by atoms with Crippen LogP contribution in [0, 0.1) is 10.5 Å². The normalized spacial score (nSPS) is 13.5. The van der Waals surface area contributed by atoms with E-state index in [1.165, 1.54) is 23.4 Å². The molecule has 1 aromatic carbocycles. The predicted molar refractivity (Wildman–Crippen MR) is 98.4 cm³/mol. The Morgan fingerprint density at radius 2 is 1.72 bits per heavy atom. The van der Waals surface area contributed by atoms with Gasteiger partial charge in [0.05, 0.1) is 0 Å². The smallest absolute Gasteiger partial charge is 0.142 e. The quantitative estimate of drug-likeness (QED) is 0.639. The zero-order valence-electron chi connectivity index (χ0n) is 13.8. The highest BCUT2D eigenvalue weighted by atomic mass is 32.1. The lowest BCUT2D eigenvalue weighted by Gasteiger charge is -2.24. The van der Waals surface area contributed by atoms with E-state index in [1.54, 1.807) is 24.5 Å². The summed E-state index contributed by atoms with van der Waals surface area (Å²) in [4.78, 5) is 8.82. The van der Waals surface area contributed by atoms with E-state index >= 15 is 0 Å².